The third kappa shape index (κ3) is 3.91. The van der Waals surface area contributed by atoms with E-state index in [2.05, 4.69) is 48.5 Å². The van der Waals surface area contributed by atoms with Gasteiger partial charge < -0.3 is 4.74 Å². The molecule has 6 aliphatic rings. The van der Waals surface area contributed by atoms with Crippen molar-refractivity contribution in [1.82, 2.24) is 0 Å². The fourth-order valence-corrected chi connectivity index (χ4v) is 12.9. The first-order valence-corrected chi connectivity index (χ1v) is 16.9. The van der Waals surface area contributed by atoms with Crippen molar-refractivity contribution >= 4 is 11.9 Å². The third-order valence-corrected chi connectivity index (χ3v) is 15.3. The number of ether oxygens (including phenoxy) is 1. The Bertz CT molecular complexity index is 1360. The largest absolute Gasteiger partial charge is 0.416 e. The zero-order valence-corrected chi connectivity index (χ0v) is 27.3. The van der Waals surface area contributed by atoms with Gasteiger partial charge in [0.05, 0.1) is 18.3 Å². The van der Waals surface area contributed by atoms with Crippen LogP contribution in [0.3, 0.4) is 0 Å². The molecular weight excluding hydrogens is 545 g/mol. The van der Waals surface area contributed by atoms with Gasteiger partial charge in [0.2, 0.25) is 0 Å². The van der Waals surface area contributed by atoms with Gasteiger partial charge in [-0.15, -0.1) is 0 Å². The normalized spacial score (nSPS) is 47.3. The fraction of sp³-hybridized carbons (Fsp3) is 0.763. The molecular formula is C38H51F3O2. The van der Waals surface area contributed by atoms with Crippen molar-refractivity contribution in [3.63, 3.8) is 0 Å². The van der Waals surface area contributed by atoms with Gasteiger partial charge in [0.15, 0.2) is 5.78 Å². The summed E-state index contributed by atoms with van der Waals surface area (Å²) in [6, 6.07) is 5.30. The standard InChI is InChI=1S/C38H51F3O2/c1-32(2)16-18-37-19-17-35(6)26(29(37)31(32)43-22-37)12-13-28-34(5)21-24(20-23-8-10-25(11-9-23)38(39,40)41)30(42)33(3,4)27(34)14-15-36(28,35)7/h8-11,20,26-29,31H,12-19,21-22H2,1-7H3/b24-20+/t26-,27+,28+,29+,31+,34-,35+,36+,37+/m0/s1. The average molecular weight is 597 g/mol. The summed E-state index contributed by atoms with van der Waals surface area (Å²) in [7, 11) is 0. The minimum atomic E-state index is -4.37. The van der Waals surface area contributed by atoms with Crippen LogP contribution in [0.25, 0.3) is 6.08 Å². The van der Waals surface area contributed by atoms with Gasteiger partial charge >= 0.3 is 6.18 Å². The first-order chi connectivity index (χ1) is 19.9. The molecule has 0 aromatic heterocycles. The molecule has 5 aliphatic carbocycles. The molecule has 2 bridgehead atoms. The summed E-state index contributed by atoms with van der Waals surface area (Å²) in [4.78, 5) is 14.0. The molecule has 1 saturated heterocycles. The van der Waals surface area contributed by atoms with E-state index >= 15 is 0 Å². The summed E-state index contributed by atoms with van der Waals surface area (Å²) in [5.41, 5.74) is 1.30. The second-order valence-electron chi connectivity index (χ2n) is 17.8. The summed E-state index contributed by atoms with van der Waals surface area (Å²) in [5.74, 6) is 2.32. The van der Waals surface area contributed by atoms with Crippen molar-refractivity contribution in [2.24, 2.45) is 56.2 Å². The molecule has 1 aliphatic heterocycles. The van der Waals surface area contributed by atoms with Gasteiger partial charge in [-0.2, -0.15) is 13.2 Å². The van der Waals surface area contributed by atoms with Crippen LogP contribution in [0.15, 0.2) is 29.8 Å². The van der Waals surface area contributed by atoms with Crippen LogP contribution in [0.4, 0.5) is 13.2 Å². The summed E-state index contributed by atoms with van der Waals surface area (Å²) >= 11 is 0. The molecule has 7 rings (SSSR count). The lowest BCUT2D eigenvalue weighted by molar-refractivity contribution is -0.236. The lowest BCUT2D eigenvalue weighted by atomic mass is 9.31. The Morgan fingerprint density at radius 2 is 1.49 bits per heavy atom. The molecule has 1 aromatic carbocycles. The number of carbonyl (C=O) groups excluding carboxylic acids is 1. The topological polar surface area (TPSA) is 26.3 Å². The molecule has 6 fully saturated rings. The molecule has 0 spiro atoms. The maximum atomic E-state index is 14.0. The predicted molar refractivity (Wildman–Crippen MR) is 164 cm³/mol. The quantitative estimate of drug-likeness (QED) is 0.302. The van der Waals surface area contributed by atoms with E-state index in [1.54, 1.807) is 0 Å². The Balaban J connectivity index is 1.25. The average Bonchev–Trinajstić information content (AvgIpc) is 3.26. The SMILES string of the molecule is CC1(C)CC[C@]23CC[C@]4(C)[C@@H](CC[C@@H]5[C@@]6(C)C/C(=C\c7ccc(C(F)(F)F)cc7)C(=O)C(C)(C)[C@H]6CC[C@]54C)[C@@H]2[C@H]1OC3. The lowest BCUT2D eigenvalue weighted by Crippen LogP contribution is -2.67. The first kappa shape index (κ1) is 30.1. The van der Waals surface area contributed by atoms with Crippen molar-refractivity contribution in [3.8, 4) is 0 Å². The maximum Gasteiger partial charge on any atom is 0.416 e. The molecule has 236 valence electrons. The van der Waals surface area contributed by atoms with Crippen LogP contribution in [-0.2, 0) is 15.7 Å². The van der Waals surface area contributed by atoms with Gasteiger partial charge in [-0.05, 0) is 138 Å². The number of halogens is 3. The number of rotatable bonds is 1. The Morgan fingerprint density at radius 3 is 2.16 bits per heavy atom. The number of hydrogen-bond acceptors (Lipinski definition) is 2. The molecule has 5 saturated carbocycles. The number of benzene rings is 1. The van der Waals surface area contributed by atoms with Crippen LogP contribution in [-0.4, -0.2) is 18.5 Å². The van der Waals surface area contributed by atoms with E-state index in [9.17, 15) is 18.0 Å². The minimum absolute atomic E-state index is 0.0351. The summed E-state index contributed by atoms with van der Waals surface area (Å²) in [5, 5.41) is 0. The first-order valence-electron chi connectivity index (χ1n) is 16.9. The van der Waals surface area contributed by atoms with Crippen molar-refractivity contribution in [3.05, 3.63) is 41.0 Å². The van der Waals surface area contributed by atoms with Gasteiger partial charge in [-0.25, -0.2) is 0 Å². The van der Waals surface area contributed by atoms with E-state index in [1.165, 1.54) is 57.1 Å². The molecule has 9 atom stereocenters. The van der Waals surface area contributed by atoms with E-state index < -0.39 is 17.2 Å². The van der Waals surface area contributed by atoms with E-state index in [1.807, 2.05) is 6.08 Å². The molecule has 5 heteroatoms. The van der Waals surface area contributed by atoms with Crippen molar-refractivity contribution in [2.45, 2.75) is 119 Å². The smallest absolute Gasteiger partial charge is 0.377 e. The number of fused-ring (bicyclic) bond motifs is 5. The zero-order chi connectivity index (χ0) is 31.0. The second-order valence-corrected chi connectivity index (χ2v) is 17.8. The number of ketones is 1. The highest BCUT2D eigenvalue weighted by Gasteiger charge is 2.73. The number of hydrogen-bond donors (Lipinski definition) is 0. The second kappa shape index (κ2) is 9.01. The predicted octanol–water partition coefficient (Wildman–Crippen LogP) is 10.2. The zero-order valence-electron chi connectivity index (χ0n) is 27.3. The van der Waals surface area contributed by atoms with Gasteiger partial charge in [0.1, 0.15) is 0 Å². The molecule has 1 aromatic rings. The Hall–Kier alpha value is -1.62. The van der Waals surface area contributed by atoms with Gasteiger partial charge in [0.25, 0.3) is 0 Å². The van der Waals surface area contributed by atoms with Crippen molar-refractivity contribution in [2.75, 3.05) is 6.61 Å². The highest BCUT2D eigenvalue weighted by atomic mass is 19.4. The van der Waals surface area contributed by atoms with Gasteiger partial charge in [-0.3, -0.25) is 4.79 Å². The highest BCUT2D eigenvalue weighted by Crippen LogP contribution is 2.78. The minimum Gasteiger partial charge on any atom is -0.377 e. The Morgan fingerprint density at radius 1 is 0.814 bits per heavy atom. The maximum absolute atomic E-state index is 14.0. The molecule has 1 heterocycles. The molecule has 0 N–H and O–H groups in total. The van der Waals surface area contributed by atoms with Gasteiger partial charge in [-0.1, -0.05) is 60.6 Å². The molecule has 0 radical (unpaired) electrons. The number of allylic oxidation sites excluding steroid dienone is 1. The molecule has 0 unspecified atom stereocenters. The lowest BCUT2D eigenvalue weighted by Gasteiger charge is -2.73. The van der Waals surface area contributed by atoms with Gasteiger partial charge in [0, 0.05) is 5.41 Å². The highest BCUT2D eigenvalue weighted by molar-refractivity contribution is 6.04. The molecule has 2 nitrogen and oxygen atoms in total. The number of alkyl halides is 3. The Kier molecular flexibility index (Phi) is 6.30. The number of Topliss-reactive ketones (excluding diaryl/α,β-unsaturated/α-hetero) is 1. The monoisotopic (exact) mass is 596 g/mol. The summed E-state index contributed by atoms with van der Waals surface area (Å²) < 4.78 is 46.4. The van der Waals surface area contributed by atoms with E-state index in [0.29, 0.717) is 47.2 Å². The van der Waals surface area contributed by atoms with Crippen LogP contribution in [0.2, 0.25) is 0 Å². The fourth-order valence-electron chi connectivity index (χ4n) is 12.9. The van der Waals surface area contributed by atoms with E-state index in [-0.39, 0.29) is 27.4 Å². The molecule has 0 amide bonds. The summed E-state index contributed by atoms with van der Waals surface area (Å²) in [6.07, 6.45) is 8.43. The van der Waals surface area contributed by atoms with Crippen LogP contribution >= 0.6 is 0 Å². The Labute approximate surface area is 256 Å². The van der Waals surface area contributed by atoms with Crippen LogP contribution in [0.1, 0.15) is 117 Å². The van der Waals surface area contributed by atoms with E-state index in [4.69, 9.17) is 4.74 Å². The van der Waals surface area contributed by atoms with Crippen LogP contribution in [0, 0.1) is 56.2 Å². The number of carbonyl (C=O) groups is 1. The van der Waals surface area contributed by atoms with E-state index in [0.717, 1.165) is 30.7 Å². The molecule has 43 heavy (non-hydrogen) atoms. The third-order valence-electron chi connectivity index (χ3n) is 15.3. The van der Waals surface area contributed by atoms with Crippen LogP contribution < -0.4 is 0 Å². The van der Waals surface area contributed by atoms with Crippen LogP contribution in [0.5, 0.6) is 0 Å². The summed E-state index contributed by atoms with van der Waals surface area (Å²) in [6.45, 7) is 17.8. The van der Waals surface area contributed by atoms with Crippen molar-refractivity contribution in [1.29, 1.82) is 0 Å². The van der Waals surface area contributed by atoms with Crippen molar-refractivity contribution < 1.29 is 22.7 Å².